The van der Waals surface area contributed by atoms with Crippen LogP contribution >= 0.6 is 11.3 Å². The summed E-state index contributed by atoms with van der Waals surface area (Å²) in [5, 5.41) is 4.70. The van der Waals surface area contributed by atoms with Gasteiger partial charge in [0.2, 0.25) is 0 Å². The molecule has 0 aliphatic carbocycles. The van der Waals surface area contributed by atoms with E-state index < -0.39 is 0 Å². The number of ketones is 1. The van der Waals surface area contributed by atoms with E-state index in [2.05, 4.69) is 10.3 Å². The highest BCUT2D eigenvalue weighted by atomic mass is 32.1. The molecule has 25 heavy (non-hydrogen) atoms. The molecule has 0 unspecified atom stereocenters. The first-order valence-electron chi connectivity index (χ1n) is 7.65. The fourth-order valence-corrected chi connectivity index (χ4v) is 2.81. The highest BCUT2D eigenvalue weighted by Crippen LogP contribution is 2.18. The Hall–Kier alpha value is -2.99. The lowest BCUT2D eigenvalue weighted by Gasteiger charge is -2.10. The molecular formula is C19H16N2O3S. The topological polar surface area (TPSA) is 68.3 Å². The number of thiazole rings is 1. The van der Waals surface area contributed by atoms with E-state index in [4.69, 9.17) is 4.74 Å². The molecule has 0 fully saturated rings. The number of aromatic nitrogens is 1. The van der Waals surface area contributed by atoms with Crippen molar-refractivity contribution in [3.05, 3.63) is 76.2 Å². The molecule has 3 rings (SSSR count). The Bertz CT molecular complexity index is 874. The number of Topliss-reactive ketones (excluding diaryl/α,β-unsaturated/α-hetero) is 1. The van der Waals surface area contributed by atoms with Gasteiger partial charge < -0.3 is 10.1 Å². The summed E-state index contributed by atoms with van der Waals surface area (Å²) in [5.74, 6) is 0.287. The van der Waals surface area contributed by atoms with E-state index in [9.17, 15) is 9.59 Å². The van der Waals surface area contributed by atoms with Gasteiger partial charge in [-0.3, -0.25) is 9.59 Å². The van der Waals surface area contributed by atoms with E-state index in [1.165, 1.54) is 18.3 Å². The van der Waals surface area contributed by atoms with Crippen molar-refractivity contribution >= 4 is 28.7 Å². The lowest BCUT2D eigenvalue weighted by atomic mass is 10.1. The summed E-state index contributed by atoms with van der Waals surface area (Å²) in [6.45, 7) is 1.86. The van der Waals surface area contributed by atoms with Crippen LogP contribution in [0.15, 0.2) is 59.4 Å². The molecular weight excluding hydrogens is 336 g/mol. The van der Waals surface area contributed by atoms with Crippen LogP contribution in [0, 0.1) is 0 Å². The summed E-state index contributed by atoms with van der Waals surface area (Å²) in [4.78, 5) is 28.1. The van der Waals surface area contributed by atoms with Crippen molar-refractivity contribution in [1.82, 2.24) is 4.98 Å². The molecule has 0 bridgehead atoms. The zero-order chi connectivity index (χ0) is 17.6. The van der Waals surface area contributed by atoms with E-state index in [0.29, 0.717) is 29.2 Å². The van der Waals surface area contributed by atoms with Gasteiger partial charge in [-0.25, -0.2) is 4.98 Å². The standard InChI is InChI=1S/C19H16N2O3S/c1-13(22)17-4-2-3-5-18(17)21-19(23)14-6-8-16(9-7-14)24-10-15-11-25-12-20-15/h2-9,11-12H,10H2,1H3,(H,21,23). The smallest absolute Gasteiger partial charge is 0.255 e. The van der Waals surface area contributed by atoms with Crippen LogP contribution in [0.2, 0.25) is 0 Å². The molecule has 0 radical (unpaired) electrons. The third kappa shape index (κ3) is 4.30. The zero-order valence-electron chi connectivity index (χ0n) is 13.6. The first-order chi connectivity index (χ1) is 12.1. The van der Waals surface area contributed by atoms with Gasteiger partial charge in [0.1, 0.15) is 12.4 Å². The van der Waals surface area contributed by atoms with E-state index in [1.54, 1.807) is 54.0 Å². The van der Waals surface area contributed by atoms with Crippen LogP contribution in [-0.4, -0.2) is 16.7 Å². The summed E-state index contributed by atoms with van der Waals surface area (Å²) >= 11 is 1.52. The lowest BCUT2D eigenvalue weighted by molar-refractivity contribution is 0.101. The largest absolute Gasteiger partial charge is 0.487 e. The van der Waals surface area contributed by atoms with Gasteiger partial charge in [0, 0.05) is 16.5 Å². The number of amides is 1. The van der Waals surface area contributed by atoms with Gasteiger partial charge in [-0.2, -0.15) is 0 Å². The maximum Gasteiger partial charge on any atom is 0.255 e. The maximum atomic E-state index is 12.4. The quantitative estimate of drug-likeness (QED) is 0.676. The summed E-state index contributed by atoms with van der Waals surface area (Å²) in [5.41, 5.74) is 4.10. The molecule has 0 spiro atoms. The number of carbonyl (C=O) groups excluding carboxylic acids is 2. The van der Waals surface area contributed by atoms with Crippen molar-refractivity contribution in [3.63, 3.8) is 0 Å². The Morgan fingerprint density at radius 2 is 1.88 bits per heavy atom. The van der Waals surface area contributed by atoms with Crippen molar-refractivity contribution in [3.8, 4) is 5.75 Å². The number of ether oxygens (including phenoxy) is 1. The number of para-hydroxylation sites is 1. The number of hydrogen-bond acceptors (Lipinski definition) is 5. The lowest BCUT2D eigenvalue weighted by Crippen LogP contribution is -2.14. The SMILES string of the molecule is CC(=O)c1ccccc1NC(=O)c1ccc(OCc2cscn2)cc1. The molecule has 2 aromatic carbocycles. The van der Waals surface area contributed by atoms with E-state index in [0.717, 1.165) is 5.69 Å². The van der Waals surface area contributed by atoms with E-state index in [1.807, 2.05) is 5.38 Å². The number of nitrogens with one attached hydrogen (secondary N) is 1. The molecule has 1 aromatic heterocycles. The second-order valence-electron chi connectivity index (χ2n) is 5.35. The molecule has 3 aromatic rings. The number of nitrogens with zero attached hydrogens (tertiary/aromatic N) is 1. The van der Waals surface area contributed by atoms with Crippen molar-refractivity contribution < 1.29 is 14.3 Å². The number of carbonyl (C=O) groups is 2. The Morgan fingerprint density at radius 3 is 2.56 bits per heavy atom. The van der Waals surface area contributed by atoms with Gasteiger partial charge in [0.15, 0.2) is 5.78 Å². The Kier molecular flexibility index (Phi) is 5.20. The molecule has 6 heteroatoms. The summed E-state index contributed by atoms with van der Waals surface area (Å²) < 4.78 is 5.62. The highest BCUT2D eigenvalue weighted by Gasteiger charge is 2.11. The Morgan fingerprint density at radius 1 is 1.12 bits per heavy atom. The zero-order valence-corrected chi connectivity index (χ0v) is 14.4. The normalized spacial score (nSPS) is 10.3. The summed E-state index contributed by atoms with van der Waals surface area (Å²) in [6.07, 6.45) is 0. The molecule has 5 nitrogen and oxygen atoms in total. The van der Waals surface area contributed by atoms with E-state index >= 15 is 0 Å². The van der Waals surface area contributed by atoms with Gasteiger partial charge in [0.05, 0.1) is 16.9 Å². The molecule has 0 saturated heterocycles. The minimum atomic E-state index is -0.278. The average Bonchev–Trinajstić information content (AvgIpc) is 3.14. The van der Waals surface area contributed by atoms with Crippen molar-refractivity contribution in [2.75, 3.05) is 5.32 Å². The minimum absolute atomic E-state index is 0.0957. The third-order valence-corrected chi connectivity index (χ3v) is 4.18. The Labute approximate surface area is 149 Å². The predicted molar refractivity (Wildman–Crippen MR) is 97.3 cm³/mol. The molecule has 1 amide bonds. The first-order valence-corrected chi connectivity index (χ1v) is 8.59. The summed E-state index contributed by atoms with van der Waals surface area (Å²) in [6, 6.07) is 13.8. The van der Waals surface area contributed by atoms with Crippen LogP contribution in [0.25, 0.3) is 0 Å². The van der Waals surface area contributed by atoms with Crippen LogP contribution in [0.5, 0.6) is 5.75 Å². The van der Waals surface area contributed by atoms with Crippen LogP contribution < -0.4 is 10.1 Å². The van der Waals surface area contributed by atoms with E-state index in [-0.39, 0.29) is 11.7 Å². The van der Waals surface area contributed by atoms with Crippen LogP contribution in [-0.2, 0) is 6.61 Å². The van der Waals surface area contributed by atoms with Crippen LogP contribution in [0.4, 0.5) is 5.69 Å². The van der Waals surface area contributed by atoms with Gasteiger partial charge in [-0.15, -0.1) is 11.3 Å². The number of rotatable bonds is 6. The molecule has 0 aliphatic heterocycles. The van der Waals surface area contributed by atoms with Gasteiger partial charge in [-0.05, 0) is 43.3 Å². The second kappa shape index (κ2) is 7.72. The fraction of sp³-hybridized carbons (Fsp3) is 0.105. The number of anilines is 1. The highest BCUT2D eigenvalue weighted by molar-refractivity contribution is 7.07. The van der Waals surface area contributed by atoms with Gasteiger partial charge in [0.25, 0.3) is 5.91 Å². The van der Waals surface area contributed by atoms with Crippen LogP contribution in [0.3, 0.4) is 0 Å². The number of hydrogen-bond donors (Lipinski definition) is 1. The van der Waals surface area contributed by atoms with Crippen molar-refractivity contribution in [2.24, 2.45) is 0 Å². The summed E-state index contributed by atoms with van der Waals surface area (Å²) in [7, 11) is 0. The molecule has 126 valence electrons. The third-order valence-electron chi connectivity index (χ3n) is 3.54. The maximum absolute atomic E-state index is 12.4. The minimum Gasteiger partial charge on any atom is -0.487 e. The van der Waals surface area contributed by atoms with Gasteiger partial charge >= 0.3 is 0 Å². The molecule has 0 saturated carbocycles. The Balaban J connectivity index is 1.66. The van der Waals surface area contributed by atoms with Crippen molar-refractivity contribution in [1.29, 1.82) is 0 Å². The van der Waals surface area contributed by atoms with Crippen LogP contribution in [0.1, 0.15) is 33.3 Å². The fourth-order valence-electron chi connectivity index (χ4n) is 2.26. The van der Waals surface area contributed by atoms with Gasteiger partial charge in [-0.1, -0.05) is 12.1 Å². The molecule has 0 atom stereocenters. The van der Waals surface area contributed by atoms with Crippen molar-refractivity contribution in [2.45, 2.75) is 13.5 Å². The predicted octanol–water partition coefficient (Wildman–Crippen LogP) is 4.18. The second-order valence-corrected chi connectivity index (χ2v) is 6.07. The number of benzene rings is 2. The first kappa shape index (κ1) is 16.9. The molecule has 0 aliphatic rings. The average molecular weight is 352 g/mol. The monoisotopic (exact) mass is 352 g/mol. The molecule has 1 N–H and O–H groups in total. The molecule has 1 heterocycles.